The van der Waals surface area contributed by atoms with Crippen LogP contribution in [-0.4, -0.2) is 61.6 Å². The standard InChI is InChI=1S/C34H37ClN6O5Si/c1-21-31(47(2,3)45)30(14-16-39-20-24(15-17-42)36-38-39)46-34(21)27-18-23(35)10-13-29(27)40(33(34)44)19-22-8-11-25(12-9-22)41-32(43)26-6-4-5-7-28(26)37-41/h4-13,18,20-21,30-31,37,42,45H,14-17,19H2,1-3H3/t21-,30+,31-,34+/m0/s1. The number of ether oxygens (including phenoxy) is 1. The Labute approximate surface area is 277 Å². The summed E-state index contributed by atoms with van der Waals surface area (Å²) < 4.78 is 10.1. The van der Waals surface area contributed by atoms with Crippen LogP contribution in [-0.2, 0) is 34.6 Å². The summed E-state index contributed by atoms with van der Waals surface area (Å²) in [5, 5.41) is 21.8. The van der Waals surface area contributed by atoms with Gasteiger partial charge in [-0.3, -0.25) is 19.4 Å². The maximum Gasteiger partial charge on any atom is 0.279 e. The van der Waals surface area contributed by atoms with E-state index >= 15 is 0 Å². The van der Waals surface area contributed by atoms with Gasteiger partial charge in [0.1, 0.15) is 0 Å². The van der Waals surface area contributed by atoms with Gasteiger partial charge in [0.15, 0.2) is 13.9 Å². The highest BCUT2D eigenvalue weighted by molar-refractivity contribution is 6.71. The molecule has 4 heterocycles. The molecule has 2 aliphatic rings. The fraction of sp³-hybridized carbons (Fsp3) is 0.353. The zero-order valence-corrected chi connectivity index (χ0v) is 28.2. The largest absolute Gasteiger partial charge is 0.432 e. The van der Waals surface area contributed by atoms with Crippen molar-refractivity contribution in [2.45, 2.75) is 63.2 Å². The lowest BCUT2D eigenvalue weighted by atomic mass is 9.82. The predicted octanol–water partition coefficient (Wildman–Crippen LogP) is 4.53. The van der Waals surface area contributed by atoms with Crippen molar-refractivity contribution >= 4 is 42.4 Å². The summed E-state index contributed by atoms with van der Waals surface area (Å²) >= 11 is 6.54. The molecule has 2 aromatic heterocycles. The molecule has 2 aliphatic heterocycles. The second-order valence-corrected chi connectivity index (χ2v) is 17.5. The number of hydrogen-bond donors (Lipinski definition) is 3. The molecule has 0 bridgehead atoms. The van der Waals surface area contributed by atoms with E-state index in [1.54, 1.807) is 27.9 Å². The number of nitrogens with zero attached hydrogens (tertiary/aromatic N) is 5. The van der Waals surface area contributed by atoms with E-state index < -0.39 is 20.0 Å². The molecule has 13 heteroatoms. The number of carbonyl (C=O) groups is 1. The Kier molecular flexibility index (Phi) is 7.96. The summed E-state index contributed by atoms with van der Waals surface area (Å²) in [7, 11) is -2.84. The van der Waals surface area contributed by atoms with Crippen molar-refractivity contribution in [2.75, 3.05) is 11.5 Å². The van der Waals surface area contributed by atoms with Gasteiger partial charge >= 0.3 is 0 Å². The number of anilines is 1. The minimum atomic E-state index is -2.84. The van der Waals surface area contributed by atoms with Crippen LogP contribution in [0.4, 0.5) is 5.69 Å². The van der Waals surface area contributed by atoms with Gasteiger partial charge in [-0.2, -0.15) is 0 Å². The maximum absolute atomic E-state index is 14.7. The van der Waals surface area contributed by atoms with Gasteiger partial charge in [-0.25, -0.2) is 4.68 Å². The highest BCUT2D eigenvalue weighted by Gasteiger charge is 2.66. The number of aliphatic hydroxyl groups is 1. The second kappa shape index (κ2) is 11.9. The van der Waals surface area contributed by atoms with E-state index in [1.165, 1.54) is 4.68 Å². The third kappa shape index (κ3) is 5.34. The molecule has 0 radical (unpaired) electrons. The smallest absolute Gasteiger partial charge is 0.279 e. The monoisotopic (exact) mass is 672 g/mol. The first-order valence-corrected chi connectivity index (χ1v) is 19.2. The lowest BCUT2D eigenvalue weighted by Gasteiger charge is -2.32. The Balaban J connectivity index is 1.19. The predicted molar refractivity (Wildman–Crippen MR) is 181 cm³/mol. The van der Waals surface area contributed by atoms with Crippen LogP contribution in [0.1, 0.15) is 30.2 Å². The van der Waals surface area contributed by atoms with Crippen molar-refractivity contribution in [3.63, 3.8) is 0 Å². The summed E-state index contributed by atoms with van der Waals surface area (Å²) in [6.45, 7) is 6.56. The van der Waals surface area contributed by atoms with Crippen LogP contribution in [0.3, 0.4) is 0 Å². The van der Waals surface area contributed by atoms with E-state index in [2.05, 4.69) is 15.4 Å². The average molecular weight is 673 g/mol. The summed E-state index contributed by atoms with van der Waals surface area (Å²) in [5.74, 6) is -0.513. The van der Waals surface area contributed by atoms with Gasteiger partial charge in [0.05, 0.1) is 40.6 Å². The zero-order chi connectivity index (χ0) is 33.1. The molecule has 1 amide bonds. The number of fused-ring (bicyclic) bond motifs is 3. The lowest BCUT2D eigenvalue weighted by Crippen LogP contribution is -2.46. The summed E-state index contributed by atoms with van der Waals surface area (Å²) in [6, 6.07) is 20.4. The highest BCUT2D eigenvalue weighted by Crippen LogP contribution is 2.60. The SMILES string of the molecule is C[C@H]1[C@H]([Si](C)(C)O)[C@@H](CCn2cc(CCO)nn2)O[C@]12C(=O)N(Cc1ccc(-n3[nH]c4ccccc4c3=O)cc1)c1ccc(Cl)cc12. The van der Waals surface area contributed by atoms with Crippen molar-refractivity contribution < 1.29 is 19.4 Å². The van der Waals surface area contributed by atoms with Gasteiger partial charge in [0.25, 0.3) is 11.5 Å². The molecule has 1 fully saturated rings. The van der Waals surface area contributed by atoms with Crippen LogP contribution >= 0.6 is 11.6 Å². The van der Waals surface area contributed by atoms with Crippen LogP contribution in [0.5, 0.6) is 0 Å². The minimum absolute atomic E-state index is 0.00825. The van der Waals surface area contributed by atoms with Gasteiger partial charge in [0.2, 0.25) is 0 Å². The molecule has 0 aliphatic carbocycles. The number of aromatic amines is 1. The molecule has 4 atom stereocenters. The number of carbonyl (C=O) groups excluding carboxylic acids is 1. The topological polar surface area (TPSA) is 138 Å². The van der Waals surface area contributed by atoms with Crippen molar-refractivity contribution in [1.29, 1.82) is 0 Å². The van der Waals surface area contributed by atoms with E-state index in [1.807, 2.05) is 74.6 Å². The number of aryl methyl sites for hydroxylation is 1. The number of H-pyrrole nitrogens is 1. The van der Waals surface area contributed by atoms with Gasteiger partial charge < -0.3 is 19.5 Å². The molecule has 5 aromatic rings. The van der Waals surface area contributed by atoms with Crippen LogP contribution in [0, 0.1) is 5.92 Å². The van der Waals surface area contributed by atoms with Crippen LogP contribution < -0.4 is 10.5 Å². The van der Waals surface area contributed by atoms with Crippen LogP contribution in [0.15, 0.2) is 77.7 Å². The molecule has 47 heavy (non-hydrogen) atoms. The molecule has 1 saturated heterocycles. The van der Waals surface area contributed by atoms with Crippen molar-refractivity contribution in [3.05, 3.63) is 105 Å². The Morgan fingerprint density at radius 1 is 1.09 bits per heavy atom. The second-order valence-electron chi connectivity index (χ2n) is 13.1. The van der Waals surface area contributed by atoms with Crippen molar-refractivity contribution in [2.24, 2.45) is 5.92 Å². The average Bonchev–Trinajstić information content (AvgIpc) is 3.77. The van der Waals surface area contributed by atoms with Gasteiger partial charge in [-0.1, -0.05) is 48.0 Å². The van der Waals surface area contributed by atoms with Gasteiger partial charge in [-0.05, 0) is 67.5 Å². The Bertz CT molecular complexity index is 2020. The maximum atomic E-state index is 14.7. The number of aromatic nitrogens is 5. The molecule has 0 unspecified atom stereocenters. The highest BCUT2D eigenvalue weighted by atomic mass is 35.5. The summed E-state index contributed by atoms with van der Waals surface area (Å²) in [4.78, 5) is 41.0. The molecule has 3 aromatic carbocycles. The number of hydrogen-bond acceptors (Lipinski definition) is 7. The van der Waals surface area contributed by atoms with Crippen molar-refractivity contribution in [1.82, 2.24) is 24.8 Å². The molecular weight excluding hydrogens is 636 g/mol. The number of halogens is 1. The first kappa shape index (κ1) is 31.5. The number of aliphatic hydroxyl groups excluding tert-OH is 1. The van der Waals surface area contributed by atoms with E-state index in [9.17, 15) is 19.5 Å². The molecule has 244 valence electrons. The quantitative estimate of drug-likeness (QED) is 0.196. The molecule has 1 spiro atoms. The molecule has 0 saturated carbocycles. The summed E-state index contributed by atoms with van der Waals surface area (Å²) in [5.41, 5.74) is 2.78. The lowest BCUT2D eigenvalue weighted by molar-refractivity contribution is -0.146. The van der Waals surface area contributed by atoms with Gasteiger partial charge in [-0.15, -0.1) is 5.10 Å². The molecular formula is C34H37ClN6O5Si. The Morgan fingerprint density at radius 3 is 2.57 bits per heavy atom. The number of amides is 1. The fourth-order valence-corrected chi connectivity index (χ4v) is 10.4. The third-order valence-electron chi connectivity index (χ3n) is 9.67. The Hall–Kier alpha value is -4.07. The van der Waals surface area contributed by atoms with E-state index in [-0.39, 0.29) is 36.1 Å². The van der Waals surface area contributed by atoms with Gasteiger partial charge in [0, 0.05) is 47.8 Å². The van der Waals surface area contributed by atoms with Crippen molar-refractivity contribution in [3.8, 4) is 5.69 Å². The van der Waals surface area contributed by atoms with Crippen LogP contribution in [0.2, 0.25) is 23.7 Å². The number of para-hydroxylation sites is 1. The molecule has 3 N–H and O–H groups in total. The first-order valence-electron chi connectivity index (χ1n) is 15.8. The van der Waals surface area contributed by atoms with E-state index in [4.69, 9.17) is 16.3 Å². The first-order chi connectivity index (χ1) is 22.5. The normalized spacial score (nSPS) is 22.6. The van der Waals surface area contributed by atoms with E-state index in [0.717, 1.165) is 16.8 Å². The molecule has 7 rings (SSSR count). The zero-order valence-electron chi connectivity index (χ0n) is 26.4. The Morgan fingerprint density at radius 2 is 1.85 bits per heavy atom. The van der Waals surface area contributed by atoms with E-state index in [0.29, 0.717) is 46.7 Å². The number of nitrogens with one attached hydrogen (secondary N) is 1. The van der Waals surface area contributed by atoms with Crippen LogP contribution in [0.25, 0.3) is 16.6 Å². The molecule has 11 nitrogen and oxygen atoms in total. The number of benzene rings is 3. The number of rotatable bonds is 9. The fourth-order valence-electron chi connectivity index (χ4n) is 7.59. The third-order valence-corrected chi connectivity index (χ3v) is 12.4. The minimum Gasteiger partial charge on any atom is -0.432 e. The summed E-state index contributed by atoms with van der Waals surface area (Å²) in [6.07, 6.45) is 2.34.